The number of hydrogen-bond donors (Lipinski definition) is 2. The molecule has 0 radical (unpaired) electrons. The highest BCUT2D eigenvalue weighted by Crippen LogP contribution is 2.59. The first-order valence-electron chi connectivity index (χ1n) is 7.76. The van der Waals surface area contributed by atoms with Crippen molar-refractivity contribution in [1.29, 1.82) is 0 Å². The molecule has 0 spiro atoms. The predicted molar refractivity (Wildman–Crippen MR) is 78.4 cm³/mol. The fourth-order valence-electron chi connectivity index (χ4n) is 3.61. The molecule has 3 heteroatoms. The fourth-order valence-corrected chi connectivity index (χ4v) is 3.61. The van der Waals surface area contributed by atoms with Gasteiger partial charge in [-0.1, -0.05) is 31.2 Å². The highest BCUT2D eigenvalue weighted by Gasteiger charge is 2.56. The van der Waals surface area contributed by atoms with Gasteiger partial charge in [0, 0.05) is 12.5 Å². The second-order valence-electron chi connectivity index (χ2n) is 6.09. The van der Waals surface area contributed by atoms with Crippen LogP contribution in [0, 0.1) is 11.8 Å². The van der Waals surface area contributed by atoms with Crippen molar-refractivity contribution in [3.63, 3.8) is 0 Å². The summed E-state index contributed by atoms with van der Waals surface area (Å²) in [7, 11) is 0. The van der Waals surface area contributed by atoms with E-state index in [9.17, 15) is 9.90 Å². The quantitative estimate of drug-likeness (QED) is 0.864. The van der Waals surface area contributed by atoms with Crippen LogP contribution in [-0.2, 0) is 11.2 Å². The Morgan fingerprint density at radius 2 is 2.25 bits per heavy atom. The van der Waals surface area contributed by atoms with Crippen molar-refractivity contribution in [2.45, 2.75) is 44.6 Å². The number of carbonyl (C=O) groups excluding carboxylic acids is 1. The number of carbonyl (C=O) groups is 1. The summed E-state index contributed by atoms with van der Waals surface area (Å²) in [5, 5.41) is 12.5. The summed E-state index contributed by atoms with van der Waals surface area (Å²) in [5.41, 5.74) is 2.81. The van der Waals surface area contributed by atoms with Crippen LogP contribution in [0.15, 0.2) is 24.3 Å². The second-order valence-corrected chi connectivity index (χ2v) is 6.09. The van der Waals surface area contributed by atoms with Gasteiger partial charge in [0.2, 0.25) is 5.91 Å². The Labute approximate surface area is 120 Å². The Bertz CT molecular complexity index is 500. The third kappa shape index (κ3) is 2.47. The van der Waals surface area contributed by atoms with Crippen LogP contribution in [0.25, 0.3) is 0 Å². The zero-order valence-electron chi connectivity index (χ0n) is 12.0. The Kier molecular flexibility index (Phi) is 3.79. The number of rotatable bonds is 5. The van der Waals surface area contributed by atoms with E-state index in [1.165, 1.54) is 11.1 Å². The molecule has 1 fully saturated rings. The van der Waals surface area contributed by atoms with E-state index in [1.807, 2.05) is 6.92 Å². The van der Waals surface area contributed by atoms with E-state index in [1.54, 1.807) is 0 Å². The summed E-state index contributed by atoms with van der Waals surface area (Å²) < 4.78 is 0. The van der Waals surface area contributed by atoms with E-state index in [2.05, 4.69) is 29.6 Å². The van der Waals surface area contributed by atoms with Crippen LogP contribution in [-0.4, -0.2) is 23.7 Å². The molecule has 2 aliphatic carbocycles. The molecule has 108 valence electrons. The Hall–Kier alpha value is -1.35. The first-order chi connectivity index (χ1) is 9.72. The van der Waals surface area contributed by atoms with Gasteiger partial charge in [-0.25, -0.2) is 0 Å². The molecule has 0 aliphatic heterocycles. The Morgan fingerprint density at radius 1 is 1.45 bits per heavy atom. The van der Waals surface area contributed by atoms with Gasteiger partial charge in [-0.2, -0.15) is 0 Å². The zero-order valence-corrected chi connectivity index (χ0v) is 12.0. The number of fused-ring (bicyclic) bond motifs is 3. The number of aliphatic hydroxyl groups is 1. The van der Waals surface area contributed by atoms with Crippen LogP contribution >= 0.6 is 0 Å². The average molecular weight is 273 g/mol. The van der Waals surface area contributed by atoms with E-state index < -0.39 is 0 Å². The normalized spacial score (nSPS) is 28.2. The van der Waals surface area contributed by atoms with Gasteiger partial charge >= 0.3 is 0 Å². The number of aliphatic hydroxyl groups excluding tert-OH is 1. The standard InChI is InChI=1S/C17H23NO2/c1-2-12(19)9-10-18-17(20)16-14-8-7-11-5-3-4-6-13(11)15(14)16/h3-6,12,14-16,19H,2,7-10H2,1H3,(H,18,20). The molecule has 3 rings (SSSR count). The summed E-state index contributed by atoms with van der Waals surface area (Å²) in [4.78, 5) is 12.3. The molecule has 0 heterocycles. The number of amides is 1. The minimum atomic E-state index is -0.294. The molecular weight excluding hydrogens is 250 g/mol. The van der Waals surface area contributed by atoms with Gasteiger partial charge in [0.25, 0.3) is 0 Å². The van der Waals surface area contributed by atoms with Crippen LogP contribution in [0.4, 0.5) is 0 Å². The molecule has 0 aromatic heterocycles. The highest BCUT2D eigenvalue weighted by molar-refractivity contribution is 5.84. The minimum Gasteiger partial charge on any atom is -0.393 e. The van der Waals surface area contributed by atoms with Crippen molar-refractivity contribution >= 4 is 5.91 Å². The molecule has 20 heavy (non-hydrogen) atoms. The fraction of sp³-hybridized carbons (Fsp3) is 0.588. The maximum absolute atomic E-state index is 12.3. The van der Waals surface area contributed by atoms with E-state index in [0.29, 0.717) is 24.8 Å². The van der Waals surface area contributed by atoms with Crippen molar-refractivity contribution in [2.75, 3.05) is 6.54 Å². The maximum Gasteiger partial charge on any atom is 0.224 e. The number of aryl methyl sites for hydroxylation is 1. The monoisotopic (exact) mass is 273 g/mol. The molecule has 2 aliphatic rings. The lowest BCUT2D eigenvalue weighted by atomic mass is 9.92. The van der Waals surface area contributed by atoms with Gasteiger partial charge in [0.05, 0.1) is 6.10 Å². The Balaban J connectivity index is 1.57. The van der Waals surface area contributed by atoms with Crippen molar-refractivity contribution in [1.82, 2.24) is 5.32 Å². The van der Waals surface area contributed by atoms with Crippen molar-refractivity contribution in [2.24, 2.45) is 11.8 Å². The summed E-state index contributed by atoms with van der Waals surface area (Å²) in [6, 6.07) is 8.53. The van der Waals surface area contributed by atoms with Crippen LogP contribution in [0.1, 0.15) is 43.2 Å². The summed E-state index contributed by atoms with van der Waals surface area (Å²) in [6.07, 6.45) is 3.35. The SMILES string of the molecule is CCC(O)CCNC(=O)C1C2CCc3ccccc3C21. The summed E-state index contributed by atoms with van der Waals surface area (Å²) in [6.45, 7) is 2.55. The van der Waals surface area contributed by atoms with Crippen LogP contribution in [0.3, 0.4) is 0 Å². The largest absolute Gasteiger partial charge is 0.393 e. The highest BCUT2D eigenvalue weighted by atomic mass is 16.3. The summed E-state index contributed by atoms with van der Waals surface area (Å²) >= 11 is 0. The van der Waals surface area contributed by atoms with Gasteiger partial charge in [-0.15, -0.1) is 0 Å². The van der Waals surface area contributed by atoms with Gasteiger partial charge < -0.3 is 10.4 Å². The number of hydrogen-bond acceptors (Lipinski definition) is 2. The number of nitrogens with one attached hydrogen (secondary N) is 1. The van der Waals surface area contributed by atoms with E-state index in [-0.39, 0.29) is 17.9 Å². The molecule has 1 saturated carbocycles. The predicted octanol–water partition coefficient (Wildman–Crippen LogP) is 2.24. The Morgan fingerprint density at radius 3 is 3.05 bits per heavy atom. The zero-order chi connectivity index (χ0) is 14.1. The van der Waals surface area contributed by atoms with E-state index in [4.69, 9.17) is 0 Å². The molecule has 1 aromatic carbocycles. The van der Waals surface area contributed by atoms with Gasteiger partial charge in [-0.3, -0.25) is 4.79 Å². The molecule has 2 N–H and O–H groups in total. The molecule has 1 aromatic rings. The van der Waals surface area contributed by atoms with Crippen molar-refractivity contribution in [3.8, 4) is 0 Å². The topological polar surface area (TPSA) is 49.3 Å². The first kappa shape index (κ1) is 13.6. The smallest absolute Gasteiger partial charge is 0.224 e. The van der Waals surface area contributed by atoms with E-state index in [0.717, 1.165) is 19.3 Å². The van der Waals surface area contributed by atoms with Crippen LogP contribution in [0.5, 0.6) is 0 Å². The second kappa shape index (κ2) is 5.57. The molecule has 0 saturated heterocycles. The third-order valence-corrected chi connectivity index (χ3v) is 4.88. The lowest BCUT2D eigenvalue weighted by Gasteiger charge is -2.13. The number of benzene rings is 1. The van der Waals surface area contributed by atoms with E-state index >= 15 is 0 Å². The first-order valence-corrected chi connectivity index (χ1v) is 7.76. The lowest BCUT2D eigenvalue weighted by molar-refractivity contribution is -0.122. The van der Waals surface area contributed by atoms with Crippen LogP contribution < -0.4 is 5.32 Å². The van der Waals surface area contributed by atoms with Gasteiger partial charge in [-0.05, 0) is 48.6 Å². The third-order valence-electron chi connectivity index (χ3n) is 4.88. The molecule has 4 atom stereocenters. The van der Waals surface area contributed by atoms with Gasteiger partial charge in [0.1, 0.15) is 0 Å². The molecule has 3 nitrogen and oxygen atoms in total. The van der Waals surface area contributed by atoms with Crippen molar-refractivity contribution < 1.29 is 9.90 Å². The molecule has 0 bridgehead atoms. The molecular formula is C17H23NO2. The lowest BCUT2D eigenvalue weighted by Crippen LogP contribution is -2.29. The summed E-state index contributed by atoms with van der Waals surface area (Å²) in [5.74, 6) is 1.33. The maximum atomic E-state index is 12.3. The van der Waals surface area contributed by atoms with Crippen molar-refractivity contribution in [3.05, 3.63) is 35.4 Å². The molecule has 1 amide bonds. The molecule has 4 unspecified atom stereocenters. The van der Waals surface area contributed by atoms with Gasteiger partial charge in [0.15, 0.2) is 0 Å². The minimum absolute atomic E-state index is 0.164. The average Bonchev–Trinajstić information content (AvgIpc) is 3.22. The van der Waals surface area contributed by atoms with Crippen LogP contribution in [0.2, 0.25) is 0 Å².